The molecule has 1 atom stereocenters. The van der Waals surface area contributed by atoms with E-state index in [9.17, 15) is 9.90 Å². The lowest BCUT2D eigenvalue weighted by Gasteiger charge is -2.27. The Bertz CT molecular complexity index is 1070. The van der Waals surface area contributed by atoms with Gasteiger partial charge in [0.2, 0.25) is 11.9 Å². The highest BCUT2D eigenvalue weighted by Gasteiger charge is 2.33. The van der Waals surface area contributed by atoms with E-state index in [1.165, 1.54) is 0 Å². The molecule has 4 rings (SSSR count). The Labute approximate surface area is 156 Å². The van der Waals surface area contributed by atoms with Gasteiger partial charge in [-0.25, -0.2) is 4.68 Å². The highest BCUT2D eigenvalue weighted by atomic mass is 16.3. The summed E-state index contributed by atoms with van der Waals surface area (Å²) in [6.45, 7) is 3.80. The van der Waals surface area contributed by atoms with Crippen LogP contribution in [0.5, 0.6) is 5.75 Å². The molecule has 1 aromatic heterocycles. The Morgan fingerprint density at radius 2 is 1.93 bits per heavy atom. The van der Waals surface area contributed by atoms with E-state index < -0.39 is 11.9 Å². The number of nitrogens with zero attached hydrogens (tertiary/aromatic N) is 3. The molecule has 0 bridgehead atoms. The number of nitrogens with one attached hydrogen (secondary N) is 1. The lowest BCUT2D eigenvalue weighted by molar-refractivity contribution is -0.115. The fourth-order valence-corrected chi connectivity index (χ4v) is 3.34. The number of hydrogen-bond donors (Lipinski definition) is 3. The van der Waals surface area contributed by atoms with E-state index in [1.807, 2.05) is 31.2 Å². The van der Waals surface area contributed by atoms with Gasteiger partial charge < -0.3 is 16.2 Å². The van der Waals surface area contributed by atoms with Crippen LogP contribution < -0.4 is 11.1 Å². The van der Waals surface area contributed by atoms with Crippen molar-refractivity contribution in [1.82, 2.24) is 14.8 Å². The molecule has 7 heteroatoms. The first-order chi connectivity index (χ1) is 12.9. The molecule has 1 amide bonds. The standard InChI is InChI=1S/C20H19N5O2/c1-11-4-3-5-14(10-11)19-23-20-22-12(2)16(18(21)27)17(25(20)24-19)13-6-8-15(26)9-7-13/h3-10,17,26H,1-2H3,(H2,21,27)(H,22,23,24). The molecule has 1 aliphatic heterocycles. The van der Waals surface area contributed by atoms with E-state index in [1.54, 1.807) is 35.9 Å². The third-order valence-corrected chi connectivity index (χ3v) is 4.60. The Morgan fingerprint density at radius 3 is 2.59 bits per heavy atom. The van der Waals surface area contributed by atoms with Crippen molar-refractivity contribution in [2.45, 2.75) is 19.9 Å². The number of aromatic hydroxyl groups is 1. The van der Waals surface area contributed by atoms with Crippen molar-refractivity contribution in [1.29, 1.82) is 0 Å². The summed E-state index contributed by atoms with van der Waals surface area (Å²) in [5, 5.41) is 17.4. The quantitative estimate of drug-likeness (QED) is 0.665. The minimum absolute atomic E-state index is 0.147. The van der Waals surface area contributed by atoms with Crippen LogP contribution in [0.25, 0.3) is 11.4 Å². The summed E-state index contributed by atoms with van der Waals surface area (Å²) in [6, 6.07) is 14.0. The molecule has 4 N–H and O–H groups in total. The number of rotatable bonds is 3. The summed E-state index contributed by atoms with van der Waals surface area (Å²) in [5.74, 6) is 0.709. The maximum Gasteiger partial charge on any atom is 0.248 e. The summed E-state index contributed by atoms with van der Waals surface area (Å²) in [5.41, 5.74) is 9.49. The van der Waals surface area contributed by atoms with E-state index in [0.717, 1.165) is 16.7 Å². The Morgan fingerprint density at radius 1 is 1.19 bits per heavy atom. The lowest BCUT2D eigenvalue weighted by atomic mass is 9.95. The van der Waals surface area contributed by atoms with Crippen molar-refractivity contribution in [3.05, 3.63) is 70.9 Å². The summed E-state index contributed by atoms with van der Waals surface area (Å²) in [4.78, 5) is 16.8. The van der Waals surface area contributed by atoms with Crippen LogP contribution in [0.4, 0.5) is 5.95 Å². The molecule has 0 saturated carbocycles. The van der Waals surface area contributed by atoms with E-state index in [0.29, 0.717) is 23.0 Å². The molecule has 1 aliphatic rings. The smallest absolute Gasteiger partial charge is 0.248 e. The summed E-state index contributed by atoms with van der Waals surface area (Å²) < 4.78 is 1.66. The van der Waals surface area contributed by atoms with Crippen LogP contribution in [0.2, 0.25) is 0 Å². The molecule has 1 unspecified atom stereocenters. The second-order valence-corrected chi connectivity index (χ2v) is 6.60. The van der Waals surface area contributed by atoms with Crippen LogP contribution in [-0.4, -0.2) is 25.8 Å². The predicted molar refractivity (Wildman–Crippen MR) is 102 cm³/mol. The van der Waals surface area contributed by atoms with Gasteiger partial charge in [-0.15, -0.1) is 5.10 Å². The molecule has 27 heavy (non-hydrogen) atoms. The largest absolute Gasteiger partial charge is 0.508 e. The maximum absolute atomic E-state index is 12.2. The number of anilines is 1. The molecule has 3 aromatic rings. The SMILES string of the molecule is CC1=C(C(N)=O)C(c2ccc(O)cc2)n2nc(-c3cccc(C)c3)nc2N1. The number of allylic oxidation sites excluding steroid dienone is 1. The lowest BCUT2D eigenvalue weighted by Crippen LogP contribution is -2.31. The molecule has 0 spiro atoms. The van der Waals surface area contributed by atoms with Crippen LogP contribution in [0, 0.1) is 6.92 Å². The number of phenolic OH excluding ortho intramolecular Hbond substituents is 1. The zero-order chi connectivity index (χ0) is 19.1. The fraction of sp³-hybridized carbons (Fsp3) is 0.150. The number of fused-ring (bicyclic) bond motifs is 1. The Kier molecular flexibility index (Phi) is 3.92. The molecule has 0 saturated heterocycles. The van der Waals surface area contributed by atoms with Crippen LogP contribution in [0.15, 0.2) is 59.8 Å². The van der Waals surface area contributed by atoms with Gasteiger partial charge >= 0.3 is 0 Å². The zero-order valence-electron chi connectivity index (χ0n) is 15.0. The van der Waals surface area contributed by atoms with Gasteiger partial charge in [0.1, 0.15) is 11.8 Å². The van der Waals surface area contributed by atoms with Crippen LogP contribution in [-0.2, 0) is 4.79 Å². The van der Waals surface area contributed by atoms with E-state index >= 15 is 0 Å². The molecule has 0 radical (unpaired) electrons. The van der Waals surface area contributed by atoms with Crippen molar-refractivity contribution >= 4 is 11.9 Å². The number of carbonyl (C=O) groups excluding carboxylic acids is 1. The summed E-state index contributed by atoms with van der Waals surface area (Å²) in [6.07, 6.45) is 0. The number of aryl methyl sites for hydroxylation is 1. The number of primary amides is 1. The molecule has 2 heterocycles. The normalized spacial score (nSPS) is 16.0. The van der Waals surface area contributed by atoms with Crippen LogP contribution in [0.3, 0.4) is 0 Å². The second-order valence-electron chi connectivity index (χ2n) is 6.60. The van der Waals surface area contributed by atoms with E-state index in [2.05, 4.69) is 15.4 Å². The topological polar surface area (TPSA) is 106 Å². The maximum atomic E-state index is 12.2. The number of aromatic nitrogens is 3. The highest BCUT2D eigenvalue weighted by Crippen LogP contribution is 2.36. The predicted octanol–water partition coefficient (Wildman–Crippen LogP) is 2.73. The zero-order valence-corrected chi connectivity index (χ0v) is 15.0. The van der Waals surface area contributed by atoms with E-state index in [-0.39, 0.29) is 5.75 Å². The third-order valence-electron chi connectivity index (χ3n) is 4.60. The average molecular weight is 361 g/mol. The number of nitrogens with two attached hydrogens (primary N) is 1. The molecule has 136 valence electrons. The van der Waals surface area contributed by atoms with Crippen LogP contribution >= 0.6 is 0 Å². The molecular formula is C20H19N5O2. The van der Waals surface area contributed by atoms with Gasteiger partial charge in [0.15, 0.2) is 5.82 Å². The summed E-state index contributed by atoms with van der Waals surface area (Å²) >= 11 is 0. The molecule has 7 nitrogen and oxygen atoms in total. The van der Waals surface area contributed by atoms with E-state index in [4.69, 9.17) is 5.73 Å². The van der Waals surface area contributed by atoms with Gasteiger partial charge in [0, 0.05) is 11.3 Å². The first kappa shape index (κ1) is 16.8. The van der Waals surface area contributed by atoms with Crippen molar-refractivity contribution in [2.24, 2.45) is 5.73 Å². The van der Waals surface area contributed by atoms with Crippen molar-refractivity contribution in [2.75, 3.05) is 5.32 Å². The third kappa shape index (κ3) is 2.93. The van der Waals surface area contributed by atoms with Crippen molar-refractivity contribution in [3.63, 3.8) is 0 Å². The number of phenols is 1. The number of hydrogen-bond acceptors (Lipinski definition) is 5. The van der Waals surface area contributed by atoms with Gasteiger partial charge in [0.25, 0.3) is 0 Å². The van der Waals surface area contributed by atoms with Gasteiger partial charge in [-0.3, -0.25) is 4.79 Å². The molecular weight excluding hydrogens is 342 g/mol. The first-order valence-electron chi connectivity index (χ1n) is 8.54. The monoisotopic (exact) mass is 361 g/mol. The van der Waals surface area contributed by atoms with Crippen molar-refractivity contribution in [3.8, 4) is 17.1 Å². The second kappa shape index (κ2) is 6.28. The summed E-state index contributed by atoms with van der Waals surface area (Å²) in [7, 11) is 0. The van der Waals surface area contributed by atoms with Gasteiger partial charge in [-0.05, 0) is 37.6 Å². The Balaban J connectivity index is 1.88. The first-order valence-corrected chi connectivity index (χ1v) is 8.54. The van der Waals surface area contributed by atoms with Gasteiger partial charge in [-0.1, -0.05) is 35.9 Å². The molecule has 2 aromatic carbocycles. The Hall–Kier alpha value is -3.61. The average Bonchev–Trinajstić information content (AvgIpc) is 3.04. The number of carbonyl (C=O) groups is 1. The van der Waals surface area contributed by atoms with Gasteiger partial charge in [-0.2, -0.15) is 4.98 Å². The molecule has 0 fully saturated rings. The highest BCUT2D eigenvalue weighted by molar-refractivity contribution is 5.95. The van der Waals surface area contributed by atoms with Crippen molar-refractivity contribution < 1.29 is 9.90 Å². The molecule has 0 aliphatic carbocycles. The minimum atomic E-state index is -0.531. The number of amides is 1. The van der Waals surface area contributed by atoms with Gasteiger partial charge in [0.05, 0.1) is 5.57 Å². The number of benzene rings is 2. The van der Waals surface area contributed by atoms with Crippen LogP contribution in [0.1, 0.15) is 24.1 Å². The fourth-order valence-electron chi connectivity index (χ4n) is 3.34. The minimum Gasteiger partial charge on any atom is -0.508 e.